The fraction of sp³-hybridized carbons (Fsp3) is 0.727. The molecule has 0 aromatic rings. The molecule has 0 unspecified atom stereocenters. The number of ether oxygens (including phenoxy) is 1. The van der Waals surface area contributed by atoms with E-state index in [-0.39, 0.29) is 5.97 Å². The summed E-state index contributed by atoms with van der Waals surface area (Å²) in [6, 6.07) is 0. The zero-order valence-electron chi connectivity index (χ0n) is 9.09. The van der Waals surface area contributed by atoms with Gasteiger partial charge in [0.2, 0.25) is 0 Å². The highest BCUT2D eigenvalue weighted by atomic mass is 16.5. The highest BCUT2D eigenvalue weighted by Gasteiger charge is 2.01. The second-order valence-corrected chi connectivity index (χ2v) is 3.56. The molecule has 0 atom stereocenters. The molecular formula is C11H20O2. The van der Waals surface area contributed by atoms with E-state index in [1.807, 2.05) is 6.92 Å². The first-order valence-corrected chi connectivity index (χ1v) is 4.92. The summed E-state index contributed by atoms with van der Waals surface area (Å²) in [6.07, 6.45) is 3.58. The van der Waals surface area contributed by atoms with Crippen LogP contribution in [0.4, 0.5) is 0 Å². The number of carbonyl (C=O) groups is 1. The van der Waals surface area contributed by atoms with Crippen molar-refractivity contribution >= 4 is 5.97 Å². The minimum atomic E-state index is -0.209. The average molecular weight is 184 g/mol. The van der Waals surface area contributed by atoms with Crippen molar-refractivity contribution in [1.29, 1.82) is 0 Å². The maximum absolute atomic E-state index is 11.1. The number of unbranched alkanes of at least 4 members (excludes halogenated alkanes) is 1. The van der Waals surface area contributed by atoms with Crippen LogP contribution in [0.1, 0.15) is 40.5 Å². The molecule has 0 aliphatic carbocycles. The van der Waals surface area contributed by atoms with E-state index in [0.29, 0.717) is 12.5 Å². The van der Waals surface area contributed by atoms with Crippen LogP contribution in [0, 0.1) is 5.92 Å². The standard InChI is InChI=1S/C11H20O2/c1-5-6-7-13-11(12)8-10(4)9(2)3/h8-9H,5-7H2,1-4H3/b10-8+. The molecule has 0 aromatic heterocycles. The smallest absolute Gasteiger partial charge is 0.330 e. The maximum Gasteiger partial charge on any atom is 0.330 e. The van der Waals surface area contributed by atoms with Gasteiger partial charge in [0.25, 0.3) is 0 Å². The highest BCUT2D eigenvalue weighted by Crippen LogP contribution is 2.07. The third-order valence-corrected chi connectivity index (χ3v) is 2.00. The molecule has 2 heteroatoms. The molecule has 76 valence electrons. The van der Waals surface area contributed by atoms with Crippen molar-refractivity contribution in [2.24, 2.45) is 5.92 Å². The summed E-state index contributed by atoms with van der Waals surface area (Å²) in [5.74, 6) is 0.207. The zero-order valence-corrected chi connectivity index (χ0v) is 9.09. The van der Waals surface area contributed by atoms with Gasteiger partial charge in [0, 0.05) is 6.08 Å². The summed E-state index contributed by atoms with van der Waals surface area (Å²) in [7, 11) is 0. The van der Waals surface area contributed by atoms with Crippen LogP contribution in [0.2, 0.25) is 0 Å². The second-order valence-electron chi connectivity index (χ2n) is 3.56. The predicted octanol–water partition coefficient (Wildman–Crippen LogP) is 2.93. The van der Waals surface area contributed by atoms with Crippen molar-refractivity contribution in [3.63, 3.8) is 0 Å². The molecule has 0 spiro atoms. The van der Waals surface area contributed by atoms with Gasteiger partial charge in [-0.1, -0.05) is 32.8 Å². The van der Waals surface area contributed by atoms with Gasteiger partial charge in [0.1, 0.15) is 0 Å². The number of hydrogen-bond acceptors (Lipinski definition) is 2. The Morgan fingerprint density at radius 1 is 1.46 bits per heavy atom. The monoisotopic (exact) mass is 184 g/mol. The van der Waals surface area contributed by atoms with E-state index in [9.17, 15) is 4.79 Å². The molecule has 13 heavy (non-hydrogen) atoms. The largest absolute Gasteiger partial charge is 0.463 e. The van der Waals surface area contributed by atoms with Crippen LogP contribution in [0.25, 0.3) is 0 Å². The molecule has 0 aromatic carbocycles. The van der Waals surface area contributed by atoms with Gasteiger partial charge in [-0.15, -0.1) is 0 Å². The lowest BCUT2D eigenvalue weighted by atomic mass is 10.1. The third-order valence-electron chi connectivity index (χ3n) is 2.00. The predicted molar refractivity (Wildman–Crippen MR) is 54.5 cm³/mol. The average Bonchev–Trinajstić information content (AvgIpc) is 2.04. The molecule has 0 radical (unpaired) electrons. The molecule has 0 heterocycles. The summed E-state index contributed by atoms with van der Waals surface area (Å²) in [4.78, 5) is 11.1. The Morgan fingerprint density at radius 3 is 2.54 bits per heavy atom. The van der Waals surface area contributed by atoms with Crippen LogP contribution in [0.5, 0.6) is 0 Å². The lowest BCUT2D eigenvalue weighted by Crippen LogP contribution is -2.04. The topological polar surface area (TPSA) is 26.3 Å². The summed E-state index contributed by atoms with van der Waals surface area (Å²) in [5.41, 5.74) is 1.07. The van der Waals surface area contributed by atoms with Crippen LogP contribution in [0.3, 0.4) is 0 Å². The van der Waals surface area contributed by atoms with Crippen molar-refractivity contribution in [1.82, 2.24) is 0 Å². The second kappa shape index (κ2) is 6.70. The minimum Gasteiger partial charge on any atom is -0.463 e. The number of carbonyl (C=O) groups excluding carboxylic acids is 1. The van der Waals surface area contributed by atoms with E-state index in [0.717, 1.165) is 18.4 Å². The van der Waals surface area contributed by atoms with Crippen LogP contribution in [0.15, 0.2) is 11.6 Å². The van der Waals surface area contributed by atoms with E-state index >= 15 is 0 Å². The highest BCUT2D eigenvalue weighted by molar-refractivity contribution is 5.82. The summed E-state index contributed by atoms with van der Waals surface area (Å²) in [5, 5.41) is 0. The Labute approximate surface area is 81.0 Å². The number of hydrogen-bond donors (Lipinski definition) is 0. The molecule has 0 amide bonds. The molecular weight excluding hydrogens is 164 g/mol. The van der Waals surface area contributed by atoms with Crippen molar-refractivity contribution in [3.05, 3.63) is 11.6 Å². The van der Waals surface area contributed by atoms with Gasteiger partial charge >= 0.3 is 5.97 Å². The zero-order chi connectivity index (χ0) is 10.3. The maximum atomic E-state index is 11.1. The first-order chi connectivity index (χ1) is 6.07. The molecule has 0 saturated heterocycles. The molecule has 0 saturated carbocycles. The lowest BCUT2D eigenvalue weighted by Gasteiger charge is -2.04. The molecule has 0 N–H and O–H groups in total. The summed E-state index contributed by atoms with van der Waals surface area (Å²) >= 11 is 0. The van der Waals surface area contributed by atoms with Gasteiger partial charge in [0.05, 0.1) is 6.61 Å². The molecule has 0 bridgehead atoms. The van der Waals surface area contributed by atoms with Gasteiger partial charge in [-0.2, -0.15) is 0 Å². The number of esters is 1. The van der Waals surface area contributed by atoms with Crippen LogP contribution >= 0.6 is 0 Å². The first kappa shape index (κ1) is 12.2. The minimum absolute atomic E-state index is 0.209. The fourth-order valence-electron chi connectivity index (χ4n) is 0.711. The van der Waals surface area contributed by atoms with Crippen molar-refractivity contribution in [2.75, 3.05) is 6.61 Å². The van der Waals surface area contributed by atoms with Crippen LogP contribution < -0.4 is 0 Å². The normalized spacial score (nSPS) is 11.9. The Hall–Kier alpha value is -0.790. The van der Waals surface area contributed by atoms with Gasteiger partial charge in [-0.3, -0.25) is 0 Å². The SMILES string of the molecule is CCCCOC(=O)/C=C(\C)C(C)C. The molecule has 2 nitrogen and oxygen atoms in total. The Morgan fingerprint density at radius 2 is 2.08 bits per heavy atom. The van der Waals surface area contributed by atoms with E-state index < -0.39 is 0 Å². The number of rotatable bonds is 5. The number of allylic oxidation sites excluding steroid dienone is 1. The van der Waals surface area contributed by atoms with Gasteiger partial charge in [0.15, 0.2) is 0 Å². The molecule has 0 aliphatic heterocycles. The Kier molecular flexibility index (Phi) is 6.29. The van der Waals surface area contributed by atoms with Crippen LogP contribution in [-0.2, 0) is 9.53 Å². The van der Waals surface area contributed by atoms with E-state index in [4.69, 9.17) is 4.74 Å². The van der Waals surface area contributed by atoms with Gasteiger partial charge in [-0.05, 0) is 19.3 Å². The quantitative estimate of drug-likeness (QED) is 0.373. The van der Waals surface area contributed by atoms with E-state index in [1.165, 1.54) is 0 Å². The summed E-state index contributed by atoms with van der Waals surface area (Å²) < 4.78 is 4.99. The lowest BCUT2D eigenvalue weighted by molar-refractivity contribution is -0.137. The van der Waals surface area contributed by atoms with Crippen LogP contribution in [-0.4, -0.2) is 12.6 Å². The van der Waals surface area contributed by atoms with E-state index in [2.05, 4.69) is 20.8 Å². The Balaban J connectivity index is 3.79. The molecule has 0 rings (SSSR count). The fourth-order valence-corrected chi connectivity index (χ4v) is 0.711. The van der Waals surface area contributed by atoms with Gasteiger partial charge < -0.3 is 4.74 Å². The first-order valence-electron chi connectivity index (χ1n) is 4.92. The summed E-state index contributed by atoms with van der Waals surface area (Å²) in [6.45, 7) is 8.68. The molecule has 0 fully saturated rings. The van der Waals surface area contributed by atoms with Crippen molar-refractivity contribution < 1.29 is 9.53 Å². The molecule has 0 aliphatic rings. The van der Waals surface area contributed by atoms with E-state index in [1.54, 1.807) is 6.08 Å². The Bertz CT molecular complexity index is 181. The third kappa shape index (κ3) is 6.38. The van der Waals surface area contributed by atoms with Crippen molar-refractivity contribution in [2.45, 2.75) is 40.5 Å². The van der Waals surface area contributed by atoms with Gasteiger partial charge in [-0.25, -0.2) is 4.79 Å². The van der Waals surface area contributed by atoms with Crippen molar-refractivity contribution in [3.8, 4) is 0 Å².